The maximum absolute atomic E-state index is 13.2. The quantitative estimate of drug-likeness (QED) is 0.878. The molecule has 0 saturated heterocycles. The molecule has 140 valence electrons. The molecule has 2 amide bonds. The summed E-state index contributed by atoms with van der Waals surface area (Å²) in [6.45, 7) is 4.01. The lowest BCUT2D eigenvalue weighted by molar-refractivity contribution is -0.286. The van der Waals surface area contributed by atoms with Crippen molar-refractivity contribution in [2.24, 2.45) is 4.99 Å². The fraction of sp³-hybridized carbons (Fsp3) is 0.375. The Morgan fingerprint density at radius 1 is 1.42 bits per heavy atom. The van der Waals surface area contributed by atoms with Crippen LogP contribution in [0.25, 0.3) is 5.69 Å². The van der Waals surface area contributed by atoms with Crippen LogP contribution in [0.15, 0.2) is 29.4 Å². The number of ether oxygens (including phenoxy) is 3. The van der Waals surface area contributed by atoms with Crippen LogP contribution in [0, 0.1) is 6.92 Å². The topological polar surface area (TPSA) is 74.1 Å². The zero-order valence-corrected chi connectivity index (χ0v) is 15.1. The molecular weight excluding hydrogens is 368 g/mol. The molecule has 1 N–H and O–H groups in total. The highest BCUT2D eigenvalue weighted by atomic mass is 32.1. The van der Waals surface area contributed by atoms with E-state index in [0.717, 1.165) is 4.88 Å². The summed E-state index contributed by atoms with van der Waals surface area (Å²) in [5.41, 5.74) is 0.519. The highest BCUT2D eigenvalue weighted by molar-refractivity contribution is 7.09. The summed E-state index contributed by atoms with van der Waals surface area (Å²) in [6, 6.07) is 3.67. The number of urea groups is 1. The van der Waals surface area contributed by atoms with Gasteiger partial charge in [-0.05, 0) is 26.0 Å². The summed E-state index contributed by atoms with van der Waals surface area (Å²) in [5.74, 6) is -0.121. The molecule has 0 fully saturated rings. The lowest BCUT2D eigenvalue weighted by Gasteiger charge is -2.09. The van der Waals surface area contributed by atoms with Gasteiger partial charge in [-0.15, -0.1) is 20.1 Å². The van der Waals surface area contributed by atoms with Gasteiger partial charge in [0.15, 0.2) is 16.3 Å². The second-order valence-electron chi connectivity index (χ2n) is 5.71. The molecule has 0 aliphatic carbocycles. The van der Waals surface area contributed by atoms with Crippen molar-refractivity contribution >= 4 is 17.4 Å². The number of alkyl halides is 2. The first-order valence-electron chi connectivity index (χ1n) is 7.71. The third-order valence-electron chi connectivity index (χ3n) is 3.42. The molecule has 26 heavy (non-hydrogen) atoms. The average molecular weight is 385 g/mol. The Bertz CT molecular complexity index is 894. The standard InChI is InChI=1S/C16H17F2N3O4S/c1-9(8-23-3)19-14(22)20-15-21(7-10(2)26-15)11-4-5-12-13(6-11)25-16(17,18)24-12/h4-7,9H,8H2,1-3H3,(H,19,22). The molecule has 3 rings (SSSR count). The normalized spacial score (nSPS) is 16.6. The fourth-order valence-corrected chi connectivity index (χ4v) is 3.26. The van der Waals surface area contributed by atoms with Crippen LogP contribution in [0.3, 0.4) is 0 Å². The average Bonchev–Trinajstić information content (AvgIpc) is 3.03. The number of fused-ring (bicyclic) bond motifs is 1. The number of nitrogens with one attached hydrogen (secondary N) is 1. The Kier molecular flexibility index (Phi) is 4.97. The molecule has 7 nitrogen and oxygen atoms in total. The van der Waals surface area contributed by atoms with Crippen LogP contribution in [0.4, 0.5) is 13.6 Å². The van der Waals surface area contributed by atoms with E-state index in [2.05, 4.69) is 19.8 Å². The van der Waals surface area contributed by atoms with Crippen LogP contribution < -0.4 is 19.6 Å². The highest BCUT2D eigenvalue weighted by Crippen LogP contribution is 2.41. The molecular formula is C16H17F2N3O4S. The number of hydrogen-bond acceptors (Lipinski definition) is 5. The summed E-state index contributed by atoms with van der Waals surface area (Å²) < 4.78 is 41.8. The van der Waals surface area contributed by atoms with Crippen LogP contribution >= 0.6 is 11.3 Å². The van der Waals surface area contributed by atoms with Gasteiger partial charge in [-0.3, -0.25) is 4.57 Å². The summed E-state index contributed by atoms with van der Waals surface area (Å²) in [4.78, 5) is 17.4. The number of halogens is 2. The predicted molar refractivity (Wildman–Crippen MR) is 90.0 cm³/mol. The van der Waals surface area contributed by atoms with E-state index in [1.54, 1.807) is 30.9 Å². The van der Waals surface area contributed by atoms with E-state index >= 15 is 0 Å². The first-order chi connectivity index (χ1) is 12.3. The van der Waals surface area contributed by atoms with Crippen LogP contribution in [0.2, 0.25) is 0 Å². The Balaban J connectivity index is 1.91. The van der Waals surface area contributed by atoms with Gasteiger partial charge >= 0.3 is 12.3 Å². The molecule has 10 heteroatoms. The van der Waals surface area contributed by atoms with Gasteiger partial charge in [0.2, 0.25) is 0 Å². The van der Waals surface area contributed by atoms with Crippen LogP contribution in [0.1, 0.15) is 11.8 Å². The number of benzene rings is 1. The first kappa shape index (κ1) is 18.3. The van der Waals surface area contributed by atoms with E-state index in [1.165, 1.54) is 23.5 Å². The van der Waals surface area contributed by atoms with Gasteiger partial charge in [-0.1, -0.05) is 0 Å². The number of amides is 2. The van der Waals surface area contributed by atoms with E-state index in [1.807, 2.05) is 6.92 Å². The molecule has 1 aliphatic rings. The number of thiazole rings is 1. The van der Waals surface area contributed by atoms with E-state index in [9.17, 15) is 13.6 Å². The van der Waals surface area contributed by atoms with Crippen LogP contribution in [0.5, 0.6) is 11.5 Å². The molecule has 0 saturated carbocycles. The molecule has 0 spiro atoms. The first-order valence-corrected chi connectivity index (χ1v) is 8.52. The SMILES string of the molecule is COCC(C)NC(=O)N=c1sc(C)cn1-c1ccc2c(c1)OC(F)(F)O2. The minimum Gasteiger partial charge on any atom is -0.395 e. The Hall–Kier alpha value is -2.46. The number of carbonyl (C=O) groups excluding carboxylic acids is 1. The second kappa shape index (κ2) is 7.04. The van der Waals surface area contributed by atoms with Crippen LogP contribution in [-0.2, 0) is 4.74 Å². The molecule has 1 unspecified atom stereocenters. The van der Waals surface area contributed by atoms with E-state index in [4.69, 9.17) is 4.74 Å². The van der Waals surface area contributed by atoms with Crippen molar-refractivity contribution < 1.29 is 27.8 Å². The Morgan fingerprint density at radius 3 is 2.88 bits per heavy atom. The van der Waals surface area contributed by atoms with Crippen molar-refractivity contribution in [3.8, 4) is 17.2 Å². The number of rotatable bonds is 4. The van der Waals surface area contributed by atoms with Crippen molar-refractivity contribution in [1.29, 1.82) is 0 Å². The largest absolute Gasteiger partial charge is 0.586 e. The minimum absolute atomic E-state index is 0.0454. The number of hydrogen-bond donors (Lipinski definition) is 1. The monoisotopic (exact) mass is 385 g/mol. The van der Waals surface area contributed by atoms with E-state index < -0.39 is 12.3 Å². The van der Waals surface area contributed by atoms with Crippen LogP contribution in [-0.4, -0.2) is 36.7 Å². The fourth-order valence-electron chi connectivity index (χ4n) is 2.43. The maximum atomic E-state index is 13.2. The second-order valence-corrected chi connectivity index (χ2v) is 6.92. The van der Waals surface area contributed by atoms with E-state index in [-0.39, 0.29) is 17.5 Å². The maximum Gasteiger partial charge on any atom is 0.586 e. The third-order valence-corrected chi connectivity index (χ3v) is 4.31. The lowest BCUT2D eigenvalue weighted by Crippen LogP contribution is -2.34. The number of nitrogens with zero attached hydrogens (tertiary/aromatic N) is 2. The number of methoxy groups -OCH3 is 1. The zero-order chi connectivity index (χ0) is 18.9. The third kappa shape index (κ3) is 4.02. The lowest BCUT2D eigenvalue weighted by atomic mass is 10.3. The van der Waals surface area contributed by atoms with E-state index in [0.29, 0.717) is 17.1 Å². The van der Waals surface area contributed by atoms with Gasteiger partial charge in [0.05, 0.1) is 18.3 Å². The Morgan fingerprint density at radius 2 is 2.15 bits per heavy atom. The van der Waals surface area contributed by atoms with Gasteiger partial charge in [0, 0.05) is 24.3 Å². The molecule has 2 aromatic rings. The molecule has 0 bridgehead atoms. The zero-order valence-electron chi connectivity index (χ0n) is 14.3. The Labute approximate surface area is 151 Å². The highest BCUT2D eigenvalue weighted by Gasteiger charge is 2.43. The molecule has 2 heterocycles. The van der Waals surface area contributed by atoms with Gasteiger partial charge in [0.1, 0.15) is 0 Å². The van der Waals surface area contributed by atoms with Gasteiger partial charge in [-0.25, -0.2) is 4.79 Å². The number of carbonyl (C=O) groups is 1. The van der Waals surface area contributed by atoms with Crippen molar-refractivity contribution in [2.75, 3.05) is 13.7 Å². The molecule has 1 aromatic heterocycles. The van der Waals surface area contributed by atoms with Crippen molar-refractivity contribution in [2.45, 2.75) is 26.2 Å². The van der Waals surface area contributed by atoms with Gasteiger partial charge < -0.3 is 19.5 Å². The minimum atomic E-state index is -3.68. The van der Waals surface area contributed by atoms with Crippen molar-refractivity contribution in [3.05, 3.63) is 34.1 Å². The molecule has 1 aromatic carbocycles. The molecule has 0 radical (unpaired) electrons. The smallest absolute Gasteiger partial charge is 0.395 e. The summed E-state index contributed by atoms with van der Waals surface area (Å²) >= 11 is 1.30. The van der Waals surface area contributed by atoms with Gasteiger partial charge in [-0.2, -0.15) is 4.99 Å². The van der Waals surface area contributed by atoms with Crippen molar-refractivity contribution in [3.63, 3.8) is 0 Å². The van der Waals surface area contributed by atoms with Gasteiger partial charge in [0.25, 0.3) is 0 Å². The summed E-state index contributed by atoms with van der Waals surface area (Å²) in [7, 11) is 1.54. The predicted octanol–water partition coefficient (Wildman–Crippen LogP) is 2.81. The molecule has 1 atom stereocenters. The van der Waals surface area contributed by atoms with Crippen molar-refractivity contribution in [1.82, 2.24) is 9.88 Å². The number of aryl methyl sites for hydroxylation is 1. The summed E-state index contributed by atoms with van der Waals surface area (Å²) in [5, 5.41) is 2.69. The molecule has 1 aliphatic heterocycles. The number of aromatic nitrogens is 1. The summed E-state index contributed by atoms with van der Waals surface area (Å²) in [6.07, 6.45) is -1.92.